The number of aryl methyl sites for hydroxylation is 2. The molecule has 2 aliphatic carbocycles. The summed E-state index contributed by atoms with van der Waals surface area (Å²) >= 11 is 0. The Balaban J connectivity index is 0.000000535. The van der Waals surface area contributed by atoms with Crippen LogP contribution in [-0.4, -0.2) is 26.0 Å². The largest absolute Gasteiger partial charge is 0.382 e. The fourth-order valence-electron chi connectivity index (χ4n) is 3.57. The van der Waals surface area contributed by atoms with E-state index in [0.29, 0.717) is 23.6 Å². The van der Waals surface area contributed by atoms with Gasteiger partial charge in [-0.05, 0) is 57.4 Å². The maximum Gasteiger partial charge on any atom is 0.153 e. The lowest BCUT2D eigenvalue weighted by atomic mass is 10.00. The maximum atomic E-state index is 6.04. The fraction of sp³-hybridized carbons (Fsp3) is 0.652. The second kappa shape index (κ2) is 11.7. The zero-order chi connectivity index (χ0) is 21.2. The SMILES string of the molecule is C1CC1.CC.CC=Nc1c(N)nc(C)nc1C[C@H]1CCC(n2cc(CC)cn2)C1. The summed E-state index contributed by atoms with van der Waals surface area (Å²) in [5.74, 6) is 1.78. The van der Waals surface area contributed by atoms with Crippen molar-refractivity contribution in [3.8, 4) is 0 Å². The van der Waals surface area contributed by atoms with Gasteiger partial charge in [-0.15, -0.1) is 0 Å². The zero-order valence-electron chi connectivity index (χ0n) is 18.9. The standard InChI is InChI=1S/C18H26N6.C3H6.C2H6/c1-4-13-10-21-24(11-13)15-7-6-14(8-15)9-16-17(20-5-2)18(19)23-12(3)22-16;1-2-3-1;1-2/h5,10-11,14-15H,4,6-9H2,1-3H3,(H2,19,22,23);1-3H2;1-2H3/t14-,15?;;/m0../s1. The summed E-state index contributed by atoms with van der Waals surface area (Å²) in [7, 11) is 0. The van der Waals surface area contributed by atoms with E-state index in [1.807, 2.05) is 33.9 Å². The second-order valence-corrected chi connectivity index (χ2v) is 7.62. The Morgan fingerprint density at radius 3 is 2.52 bits per heavy atom. The Labute approximate surface area is 176 Å². The highest BCUT2D eigenvalue weighted by Crippen LogP contribution is 2.38. The van der Waals surface area contributed by atoms with E-state index in [1.165, 1.54) is 37.7 Å². The van der Waals surface area contributed by atoms with Gasteiger partial charge in [0, 0.05) is 12.4 Å². The molecule has 2 heterocycles. The van der Waals surface area contributed by atoms with Gasteiger partial charge >= 0.3 is 0 Å². The molecule has 1 unspecified atom stereocenters. The van der Waals surface area contributed by atoms with E-state index in [4.69, 9.17) is 5.73 Å². The summed E-state index contributed by atoms with van der Waals surface area (Å²) in [6.07, 6.45) is 15.8. The molecule has 2 fully saturated rings. The Kier molecular flexibility index (Phi) is 9.29. The van der Waals surface area contributed by atoms with Crippen molar-refractivity contribution in [2.45, 2.75) is 92.0 Å². The van der Waals surface area contributed by atoms with Crippen LogP contribution in [0.15, 0.2) is 17.4 Å². The van der Waals surface area contributed by atoms with Crippen LogP contribution in [0.5, 0.6) is 0 Å². The van der Waals surface area contributed by atoms with E-state index < -0.39 is 0 Å². The van der Waals surface area contributed by atoms with Crippen molar-refractivity contribution in [1.82, 2.24) is 19.7 Å². The fourth-order valence-corrected chi connectivity index (χ4v) is 3.57. The van der Waals surface area contributed by atoms with Crippen LogP contribution in [0.2, 0.25) is 0 Å². The van der Waals surface area contributed by atoms with Crippen LogP contribution >= 0.6 is 0 Å². The summed E-state index contributed by atoms with van der Waals surface area (Å²) in [5, 5.41) is 4.53. The quantitative estimate of drug-likeness (QED) is 0.662. The molecule has 0 amide bonds. The number of hydrogen-bond donors (Lipinski definition) is 1. The van der Waals surface area contributed by atoms with Gasteiger partial charge in [0.15, 0.2) is 5.82 Å². The van der Waals surface area contributed by atoms with E-state index in [9.17, 15) is 0 Å². The van der Waals surface area contributed by atoms with Gasteiger partial charge in [-0.1, -0.05) is 40.0 Å². The molecule has 4 rings (SSSR count). The van der Waals surface area contributed by atoms with Crippen molar-refractivity contribution in [3.05, 3.63) is 29.5 Å². The van der Waals surface area contributed by atoms with E-state index in [1.54, 1.807) is 6.21 Å². The van der Waals surface area contributed by atoms with Crippen molar-refractivity contribution in [3.63, 3.8) is 0 Å². The number of aromatic nitrogens is 4. The normalized spacial score (nSPS) is 20.0. The van der Waals surface area contributed by atoms with Crippen molar-refractivity contribution in [2.24, 2.45) is 10.9 Å². The zero-order valence-corrected chi connectivity index (χ0v) is 18.9. The van der Waals surface area contributed by atoms with Crippen LogP contribution in [0, 0.1) is 12.8 Å². The molecule has 6 heteroatoms. The van der Waals surface area contributed by atoms with Crippen LogP contribution in [0.1, 0.15) is 89.3 Å². The summed E-state index contributed by atoms with van der Waals surface area (Å²) in [4.78, 5) is 13.2. The number of hydrogen-bond acceptors (Lipinski definition) is 5. The first-order valence-electron chi connectivity index (χ1n) is 11.2. The molecule has 2 N–H and O–H groups in total. The first kappa shape index (κ1) is 23.0. The predicted molar refractivity (Wildman–Crippen MR) is 122 cm³/mol. The third-order valence-electron chi connectivity index (χ3n) is 5.14. The van der Waals surface area contributed by atoms with Crippen LogP contribution in [0.25, 0.3) is 0 Å². The molecule has 0 bridgehead atoms. The third kappa shape index (κ3) is 6.94. The van der Waals surface area contributed by atoms with Crippen LogP contribution in [0.4, 0.5) is 11.5 Å². The molecule has 0 aromatic carbocycles. The first-order valence-corrected chi connectivity index (χ1v) is 11.2. The average Bonchev–Trinajstić information content (AvgIpc) is 3.40. The van der Waals surface area contributed by atoms with E-state index in [-0.39, 0.29) is 0 Å². The van der Waals surface area contributed by atoms with Crippen LogP contribution < -0.4 is 5.73 Å². The maximum absolute atomic E-state index is 6.04. The minimum atomic E-state index is 0.477. The lowest BCUT2D eigenvalue weighted by Gasteiger charge is -2.14. The van der Waals surface area contributed by atoms with Gasteiger partial charge in [0.1, 0.15) is 11.5 Å². The highest BCUT2D eigenvalue weighted by molar-refractivity contribution is 5.69. The molecular weight excluding hydrogens is 360 g/mol. The van der Waals surface area contributed by atoms with Gasteiger partial charge < -0.3 is 5.73 Å². The molecule has 0 saturated heterocycles. The smallest absolute Gasteiger partial charge is 0.153 e. The molecule has 0 aliphatic heterocycles. The highest BCUT2D eigenvalue weighted by Gasteiger charge is 2.28. The summed E-state index contributed by atoms with van der Waals surface area (Å²) in [5.41, 5.74) is 9.05. The third-order valence-corrected chi connectivity index (χ3v) is 5.14. The highest BCUT2D eigenvalue weighted by atomic mass is 15.3. The minimum absolute atomic E-state index is 0.477. The van der Waals surface area contributed by atoms with Crippen LogP contribution in [0.3, 0.4) is 0 Å². The van der Waals surface area contributed by atoms with Gasteiger partial charge in [-0.2, -0.15) is 5.10 Å². The van der Waals surface area contributed by atoms with Gasteiger partial charge in [-0.3, -0.25) is 9.67 Å². The molecule has 2 aliphatic rings. The van der Waals surface area contributed by atoms with Crippen molar-refractivity contribution in [2.75, 3.05) is 5.73 Å². The molecule has 0 spiro atoms. The Hall–Kier alpha value is -2.24. The molecule has 2 atom stereocenters. The molecule has 2 aromatic rings. The minimum Gasteiger partial charge on any atom is -0.382 e. The molecule has 2 saturated carbocycles. The summed E-state index contributed by atoms with van der Waals surface area (Å²) in [6.45, 7) is 9.93. The Bertz CT molecular complexity index is 775. The second-order valence-electron chi connectivity index (χ2n) is 7.62. The molecule has 2 aromatic heterocycles. The van der Waals surface area contributed by atoms with Gasteiger partial charge in [0.25, 0.3) is 0 Å². The van der Waals surface area contributed by atoms with Crippen molar-refractivity contribution in [1.29, 1.82) is 0 Å². The lowest BCUT2D eigenvalue weighted by molar-refractivity contribution is 0.437. The van der Waals surface area contributed by atoms with Crippen LogP contribution in [-0.2, 0) is 12.8 Å². The first-order chi connectivity index (χ1) is 14.1. The number of nitrogens with zero attached hydrogens (tertiary/aromatic N) is 5. The van der Waals surface area contributed by atoms with Crippen molar-refractivity contribution >= 4 is 17.7 Å². The van der Waals surface area contributed by atoms with Gasteiger partial charge in [0.05, 0.1) is 17.9 Å². The van der Waals surface area contributed by atoms with Crippen molar-refractivity contribution < 1.29 is 0 Å². The van der Waals surface area contributed by atoms with E-state index in [2.05, 4.69) is 37.9 Å². The summed E-state index contributed by atoms with van der Waals surface area (Å²) < 4.78 is 2.14. The average molecular weight is 399 g/mol. The Morgan fingerprint density at radius 2 is 1.93 bits per heavy atom. The van der Waals surface area contributed by atoms with Gasteiger partial charge in [-0.25, -0.2) is 9.97 Å². The number of aliphatic imine (C=N–C) groups is 1. The molecular formula is C23H38N6. The monoisotopic (exact) mass is 398 g/mol. The predicted octanol–water partition coefficient (Wildman–Crippen LogP) is 5.63. The molecule has 29 heavy (non-hydrogen) atoms. The topological polar surface area (TPSA) is 82.0 Å². The molecule has 160 valence electrons. The van der Waals surface area contributed by atoms with E-state index >= 15 is 0 Å². The Morgan fingerprint density at radius 1 is 1.21 bits per heavy atom. The van der Waals surface area contributed by atoms with E-state index in [0.717, 1.165) is 30.6 Å². The number of nitrogen functional groups attached to an aromatic ring is 1. The lowest BCUT2D eigenvalue weighted by Crippen LogP contribution is -2.09. The molecule has 0 radical (unpaired) electrons. The number of nitrogens with two attached hydrogens (primary N) is 1. The number of anilines is 1. The van der Waals surface area contributed by atoms with Gasteiger partial charge in [0.2, 0.25) is 0 Å². The summed E-state index contributed by atoms with van der Waals surface area (Å²) in [6, 6.07) is 0.494. The number of rotatable bonds is 5. The molecule has 6 nitrogen and oxygen atoms in total.